The van der Waals surface area contributed by atoms with Crippen LogP contribution in [-0.4, -0.2) is 42.0 Å². The number of phenolic OH excluding ortho intramolecular Hbond substituents is 2. The summed E-state index contributed by atoms with van der Waals surface area (Å²) in [6.45, 7) is 0.959. The molecule has 2 fully saturated rings. The number of esters is 1. The first kappa shape index (κ1) is 20.2. The number of methoxy groups -OCH3 is 1. The van der Waals surface area contributed by atoms with Gasteiger partial charge in [0.2, 0.25) is 0 Å². The van der Waals surface area contributed by atoms with Gasteiger partial charge in [-0.3, -0.25) is 4.79 Å². The number of ether oxygens (including phenoxy) is 2. The molecule has 1 saturated heterocycles. The first-order valence-electron chi connectivity index (χ1n) is 11.2. The molecule has 4 bridgehead atoms. The maximum atomic E-state index is 12.6. The van der Waals surface area contributed by atoms with Gasteiger partial charge in [0, 0.05) is 29.5 Å². The standard InChI is InChI=1S/C25H29NO5/c1-30-21-8-6-17-18-13-16(12-15-3-2-10-26-24(15)18)31-22(28)9-5-14-4-7-20(27)19(11-14)23(17)25(21)29/h4,6-8,11,15-16,18,24,26-27,29H,2-3,5,9-10,12-13H2,1H3/t15-,16-,18-,24+/m0/s1. The minimum Gasteiger partial charge on any atom is -0.507 e. The van der Waals surface area contributed by atoms with Crippen LogP contribution >= 0.6 is 0 Å². The zero-order valence-electron chi connectivity index (χ0n) is 17.8. The molecular weight excluding hydrogens is 394 g/mol. The number of hydrogen-bond donors (Lipinski definition) is 3. The highest BCUT2D eigenvalue weighted by atomic mass is 16.5. The van der Waals surface area contributed by atoms with Gasteiger partial charge in [-0.05, 0) is 73.9 Å². The monoisotopic (exact) mass is 423 g/mol. The first-order chi connectivity index (χ1) is 15.0. The van der Waals surface area contributed by atoms with Gasteiger partial charge in [-0.1, -0.05) is 12.1 Å². The number of carbonyl (C=O) groups excluding carboxylic acids is 1. The fraction of sp³-hybridized carbons (Fsp3) is 0.480. The third-order valence-electron chi connectivity index (χ3n) is 7.19. The van der Waals surface area contributed by atoms with Gasteiger partial charge < -0.3 is 25.0 Å². The Labute approximate surface area is 182 Å². The Morgan fingerprint density at radius 3 is 2.84 bits per heavy atom. The fourth-order valence-electron chi connectivity index (χ4n) is 5.77. The largest absolute Gasteiger partial charge is 0.507 e. The van der Waals surface area contributed by atoms with Gasteiger partial charge in [0.25, 0.3) is 0 Å². The lowest BCUT2D eigenvalue weighted by Crippen LogP contribution is -2.51. The van der Waals surface area contributed by atoms with E-state index in [4.69, 9.17) is 9.47 Å². The van der Waals surface area contributed by atoms with Crippen molar-refractivity contribution in [3.8, 4) is 28.4 Å². The highest BCUT2D eigenvalue weighted by Gasteiger charge is 2.42. The van der Waals surface area contributed by atoms with Crippen LogP contribution in [0.1, 0.15) is 49.1 Å². The molecule has 0 spiro atoms. The summed E-state index contributed by atoms with van der Waals surface area (Å²) in [5.41, 5.74) is 3.06. The molecule has 6 heteroatoms. The van der Waals surface area contributed by atoms with Crippen molar-refractivity contribution in [1.29, 1.82) is 0 Å². The Kier molecular flexibility index (Phi) is 5.26. The SMILES string of the molecule is COc1ccc2c(c1O)-c1cc(ccc1O)CCC(=O)O[C@H]1C[C@@H]3CCCN[C@H]3[C@H]2C1. The van der Waals surface area contributed by atoms with Gasteiger partial charge in [0.15, 0.2) is 11.5 Å². The van der Waals surface area contributed by atoms with Gasteiger partial charge in [-0.2, -0.15) is 0 Å². The quantitative estimate of drug-likeness (QED) is 0.604. The van der Waals surface area contributed by atoms with Crippen LogP contribution in [0.2, 0.25) is 0 Å². The lowest BCUT2D eigenvalue weighted by atomic mass is 9.68. The maximum Gasteiger partial charge on any atom is 0.306 e. The highest BCUT2D eigenvalue weighted by molar-refractivity contribution is 5.82. The molecule has 31 heavy (non-hydrogen) atoms. The molecule has 3 aliphatic rings. The Morgan fingerprint density at radius 1 is 1.13 bits per heavy atom. The third-order valence-corrected chi connectivity index (χ3v) is 7.19. The normalized spacial score (nSPS) is 27.7. The van der Waals surface area contributed by atoms with E-state index in [0.717, 1.165) is 36.9 Å². The summed E-state index contributed by atoms with van der Waals surface area (Å²) in [5, 5.41) is 25.6. The molecule has 0 unspecified atom stereocenters. The van der Waals surface area contributed by atoms with Crippen LogP contribution < -0.4 is 10.1 Å². The van der Waals surface area contributed by atoms with Gasteiger partial charge in [-0.15, -0.1) is 0 Å². The van der Waals surface area contributed by atoms with E-state index in [1.54, 1.807) is 12.1 Å². The van der Waals surface area contributed by atoms with Crippen molar-refractivity contribution < 1.29 is 24.5 Å². The number of aromatic hydroxyl groups is 2. The van der Waals surface area contributed by atoms with E-state index in [0.29, 0.717) is 42.1 Å². The summed E-state index contributed by atoms with van der Waals surface area (Å²) in [7, 11) is 1.53. The van der Waals surface area contributed by atoms with Crippen molar-refractivity contribution >= 4 is 5.97 Å². The van der Waals surface area contributed by atoms with E-state index in [2.05, 4.69) is 5.32 Å². The number of nitrogens with one attached hydrogen (secondary N) is 1. The van der Waals surface area contributed by atoms with Crippen molar-refractivity contribution in [2.45, 2.75) is 56.6 Å². The minimum absolute atomic E-state index is 0.0380. The molecule has 3 N–H and O–H groups in total. The molecule has 2 aliphatic heterocycles. The number of carbonyl (C=O) groups is 1. The molecule has 2 heterocycles. The van der Waals surface area contributed by atoms with Crippen molar-refractivity contribution in [3.63, 3.8) is 0 Å². The summed E-state index contributed by atoms with van der Waals surface area (Å²) in [5.74, 6) is 0.808. The van der Waals surface area contributed by atoms with E-state index >= 15 is 0 Å². The average Bonchev–Trinajstić information content (AvgIpc) is 2.77. The minimum atomic E-state index is -0.168. The molecule has 0 aromatic heterocycles. The molecule has 6 nitrogen and oxygen atoms in total. The zero-order chi connectivity index (χ0) is 21.5. The van der Waals surface area contributed by atoms with Crippen LogP contribution in [0.5, 0.6) is 17.2 Å². The van der Waals surface area contributed by atoms with Crippen molar-refractivity contribution in [3.05, 3.63) is 41.5 Å². The van der Waals surface area contributed by atoms with Gasteiger partial charge in [0.05, 0.1) is 7.11 Å². The molecule has 0 radical (unpaired) electrons. The maximum absolute atomic E-state index is 12.6. The molecule has 2 aromatic rings. The molecule has 0 amide bonds. The second-order valence-electron chi connectivity index (χ2n) is 9.00. The molecule has 164 valence electrons. The molecule has 4 atom stereocenters. The lowest BCUT2D eigenvalue weighted by Gasteiger charge is -2.45. The van der Waals surface area contributed by atoms with Crippen LogP contribution in [0.15, 0.2) is 30.3 Å². The van der Waals surface area contributed by atoms with E-state index in [1.807, 2.05) is 18.2 Å². The topological polar surface area (TPSA) is 88.0 Å². The van der Waals surface area contributed by atoms with Crippen LogP contribution in [0, 0.1) is 5.92 Å². The summed E-state index contributed by atoms with van der Waals surface area (Å²) < 4.78 is 11.3. The van der Waals surface area contributed by atoms with Crippen molar-refractivity contribution in [2.75, 3.05) is 13.7 Å². The third kappa shape index (κ3) is 3.63. The summed E-state index contributed by atoms with van der Waals surface area (Å²) in [6, 6.07) is 9.34. The highest BCUT2D eigenvalue weighted by Crippen LogP contribution is 2.50. The molecular formula is C25H29NO5. The van der Waals surface area contributed by atoms with E-state index in [9.17, 15) is 15.0 Å². The second-order valence-corrected chi connectivity index (χ2v) is 9.00. The fourth-order valence-corrected chi connectivity index (χ4v) is 5.77. The van der Waals surface area contributed by atoms with Gasteiger partial charge in [0.1, 0.15) is 11.9 Å². The van der Waals surface area contributed by atoms with Gasteiger partial charge in [-0.25, -0.2) is 0 Å². The molecule has 5 rings (SSSR count). The number of fused-ring (bicyclic) bond motifs is 9. The lowest BCUT2D eigenvalue weighted by molar-refractivity contribution is -0.152. The molecule has 1 saturated carbocycles. The number of aryl methyl sites for hydroxylation is 1. The smallest absolute Gasteiger partial charge is 0.306 e. The summed E-state index contributed by atoms with van der Waals surface area (Å²) in [4.78, 5) is 12.6. The van der Waals surface area contributed by atoms with Crippen molar-refractivity contribution in [2.24, 2.45) is 5.92 Å². The summed E-state index contributed by atoms with van der Waals surface area (Å²) in [6.07, 6.45) is 4.46. The van der Waals surface area contributed by atoms with Gasteiger partial charge >= 0.3 is 5.97 Å². The van der Waals surface area contributed by atoms with Crippen molar-refractivity contribution in [1.82, 2.24) is 5.32 Å². The Morgan fingerprint density at radius 2 is 2.00 bits per heavy atom. The first-order valence-corrected chi connectivity index (χ1v) is 11.2. The number of rotatable bonds is 1. The number of phenols is 2. The van der Waals surface area contributed by atoms with E-state index in [1.165, 1.54) is 7.11 Å². The zero-order valence-corrected chi connectivity index (χ0v) is 17.8. The predicted molar refractivity (Wildman–Crippen MR) is 116 cm³/mol. The van der Waals surface area contributed by atoms with E-state index < -0.39 is 0 Å². The Hall–Kier alpha value is -2.73. The second kappa shape index (κ2) is 8.08. The van der Waals surface area contributed by atoms with Crippen LogP contribution in [0.25, 0.3) is 11.1 Å². The van der Waals surface area contributed by atoms with Crippen LogP contribution in [0.3, 0.4) is 0 Å². The summed E-state index contributed by atoms with van der Waals surface area (Å²) >= 11 is 0. The molecule has 2 aromatic carbocycles. The predicted octanol–water partition coefficient (Wildman–Crippen LogP) is 3.88. The van der Waals surface area contributed by atoms with Crippen LogP contribution in [0.4, 0.5) is 0 Å². The number of hydrogen-bond acceptors (Lipinski definition) is 6. The van der Waals surface area contributed by atoms with E-state index in [-0.39, 0.29) is 35.5 Å². The molecule has 1 aliphatic carbocycles. The van der Waals surface area contributed by atoms with Crippen LogP contribution in [-0.2, 0) is 16.0 Å². The average molecular weight is 424 g/mol. The number of benzene rings is 2. The Bertz CT molecular complexity index is 1000. The Balaban J connectivity index is 1.73. The number of piperidine rings is 1.